The zero-order valence-corrected chi connectivity index (χ0v) is 12.8. The lowest BCUT2D eigenvalue weighted by atomic mass is 9.98. The number of rotatable bonds is 3. The zero-order valence-electron chi connectivity index (χ0n) is 11.3. The Morgan fingerprint density at radius 1 is 1.05 bits per heavy atom. The molecule has 3 aromatic rings. The van der Waals surface area contributed by atoms with E-state index in [1.54, 1.807) is 12.3 Å². The van der Waals surface area contributed by atoms with Gasteiger partial charge in [0.25, 0.3) is 0 Å². The second kappa shape index (κ2) is 6.02. The molecule has 0 aliphatic rings. The Morgan fingerprint density at radius 2 is 1.90 bits per heavy atom. The van der Waals surface area contributed by atoms with Crippen LogP contribution in [-0.2, 0) is 6.42 Å². The smallest absolute Gasteiger partial charge is 0.0702 e. The van der Waals surface area contributed by atoms with E-state index >= 15 is 0 Å². The number of pyridine rings is 1. The lowest BCUT2D eigenvalue weighted by molar-refractivity contribution is 0.723. The fourth-order valence-corrected chi connectivity index (χ4v) is 2.85. The van der Waals surface area contributed by atoms with Crippen molar-refractivity contribution in [2.24, 2.45) is 5.73 Å². The fraction of sp³-hybridized carbons (Fsp3) is 0.118. The van der Waals surface area contributed by atoms with Crippen LogP contribution in [0.1, 0.15) is 17.2 Å². The van der Waals surface area contributed by atoms with E-state index in [-0.39, 0.29) is 6.04 Å². The summed E-state index contributed by atoms with van der Waals surface area (Å²) in [5, 5.41) is 2.38. The number of aromatic nitrogens is 1. The maximum atomic E-state index is 6.31. The van der Waals surface area contributed by atoms with Gasteiger partial charge in [0.2, 0.25) is 0 Å². The van der Waals surface area contributed by atoms with Gasteiger partial charge in [-0.15, -0.1) is 0 Å². The Labute approximate surface area is 133 Å². The molecule has 0 amide bonds. The molecule has 1 heterocycles. The van der Waals surface area contributed by atoms with Crippen LogP contribution in [0.4, 0.5) is 0 Å². The van der Waals surface area contributed by atoms with Gasteiger partial charge < -0.3 is 5.73 Å². The topological polar surface area (TPSA) is 38.9 Å². The van der Waals surface area contributed by atoms with Crippen molar-refractivity contribution in [2.45, 2.75) is 12.5 Å². The van der Waals surface area contributed by atoms with Crippen molar-refractivity contribution in [1.29, 1.82) is 0 Å². The number of nitrogens with zero attached hydrogens (tertiary/aromatic N) is 1. The second-order valence-corrected chi connectivity index (χ2v) is 5.85. The fourth-order valence-electron chi connectivity index (χ4n) is 2.37. The number of halogens is 2. The van der Waals surface area contributed by atoms with E-state index in [9.17, 15) is 0 Å². The molecule has 0 saturated carbocycles. The molecule has 21 heavy (non-hydrogen) atoms. The monoisotopic (exact) mass is 316 g/mol. The van der Waals surface area contributed by atoms with Crippen LogP contribution < -0.4 is 5.73 Å². The average molecular weight is 317 g/mol. The first kappa shape index (κ1) is 14.3. The summed E-state index contributed by atoms with van der Waals surface area (Å²) < 4.78 is 0. The molecule has 0 aliphatic heterocycles. The number of benzene rings is 2. The van der Waals surface area contributed by atoms with Crippen LogP contribution in [0.5, 0.6) is 0 Å². The van der Waals surface area contributed by atoms with Crippen LogP contribution in [-0.4, -0.2) is 4.98 Å². The van der Waals surface area contributed by atoms with Gasteiger partial charge in [-0.2, -0.15) is 0 Å². The molecule has 2 nitrogen and oxygen atoms in total. The molecular weight excluding hydrogens is 303 g/mol. The molecule has 0 radical (unpaired) electrons. The number of hydrogen-bond acceptors (Lipinski definition) is 2. The average Bonchev–Trinajstić information content (AvgIpc) is 2.49. The molecule has 0 spiro atoms. The quantitative estimate of drug-likeness (QED) is 0.755. The minimum Gasteiger partial charge on any atom is -0.324 e. The van der Waals surface area contributed by atoms with Crippen molar-refractivity contribution in [1.82, 2.24) is 4.98 Å². The Morgan fingerprint density at radius 3 is 2.71 bits per heavy atom. The molecule has 106 valence electrons. The molecular formula is C17H14Cl2N2. The van der Waals surface area contributed by atoms with Crippen molar-refractivity contribution >= 4 is 34.1 Å². The molecule has 4 heteroatoms. The summed E-state index contributed by atoms with van der Waals surface area (Å²) in [6.45, 7) is 0. The lowest BCUT2D eigenvalue weighted by Crippen LogP contribution is -2.13. The predicted molar refractivity (Wildman–Crippen MR) is 88.8 cm³/mol. The van der Waals surface area contributed by atoms with Crippen LogP contribution in [0.3, 0.4) is 0 Å². The molecule has 0 fully saturated rings. The van der Waals surface area contributed by atoms with Crippen molar-refractivity contribution in [3.05, 3.63) is 75.9 Å². The molecule has 2 N–H and O–H groups in total. The standard InChI is InChI=1S/C17H14Cl2N2/c18-14-5-3-11(15(19)10-14)9-16(20)12-4-6-17-13(8-12)2-1-7-21-17/h1-8,10,16H,9,20H2. The molecule has 0 bridgehead atoms. The summed E-state index contributed by atoms with van der Waals surface area (Å²) in [7, 11) is 0. The third kappa shape index (κ3) is 3.18. The number of fused-ring (bicyclic) bond motifs is 1. The second-order valence-electron chi connectivity index (χ2n) is 5.00. The summed E-state index contributed by atoms with van der Waals surface area (Å²) >= 11 is 12.1. The maximum Gasteiger partial charge on any atom is 0.0702 e. The Kier molecular flexibility index (Phi) is 4.11. The lowest BCUT2D eigenvalue weighted by Gasteiger charge is -2.14. The van der Waals surface area contributed by atoms with E-state index in [0.717, 1.165) is 22.0 Å². The van der Waals surface area contributed by atoms with Crippen LogP contribution in [0.25, 0.3) is 10.9 Å². The molecule has 1 unspecified atom stereocenters. The Hall–Kier alpha value is -1.61. The summed E-state index contributed by atoms with van der Waals surface area (Å²) in [6.07, 6.45) is 2.46. The summed E-state index contributed by atoms with van der Waals surface area (Å²) in [4.78, 5) is 4.31. The highest BCUT2D eigenvalue weighted by Gasteiger charge is 2.10. The van der Waals surface area contributed by atoms with Gasteiger partial charge in [-0.05, 0) is 47.9 Å². The van der Waals surface area contributed by atoms with Crippen LogP contribution in [0.15, 0.2) is 54.7 Å². The first-order valence-electron chi connectivity index (χ1n) is 6.67. The van der Waals surface area contributed by atoms with Crippen LogP contribution in [0.2, 0.25) is 10.0 Å². The third-order valence-electron chi connectivity index (χ3n) is 3.51. The van der Waals surface area contributed by atoms with Crippen molar-refractivity contribution < 1.29 is 0 Å². The molecule has 3 rings (SSSR count). The molecule has 2 aromatic carbocycles. The van der Waals surface area contributed by atoms with Crippen LogP contribution in [0, 0.1) is 0 Å². The van der Waals surface area contributed by atoms with Gasteiger partial charge in [-0.3, -0.25) is 4.98 Å². The predicted octanol–water partition coefficient (Wildman–Crippen LogP) is 4.78. The normalized spacial score (nSPS) is 12.5. The van der Waals surface area contributed by atoms with Crippen LogP contribution >= 0.6 is 23.2 Å². The van der Waals surface area contributed by atoms with E-state index in [0.29, 0.717) is 16.5 Å². The zero-order chi connectivity index (χ0) is 14.8. The number of nitrogens with two attached hydrogens (primary N) is 1. The van der Waals surface area contributed by atoms with Gasteiger partial charge in [0.05, 0.1) is 5.52 Å². The minimum atomic E-state index is -0.117. The summed E-state index contributed by atoms with van der Waals surface area (Å²) in [5.74, 6) is 0. The van der Waals surface area contributed by atoms with E-state index in [1.165, 1.54) is 0 Å². The highest BCUT2D eigenvalue weighted by molar-refractivity contribution is 6.35. The summed E-state index contributed by atoms with van der Waals surface area (Å²) in [6, 6.07) is 15.4. The van der Waals surface area contributed by atoms with Gasteiger partial charge in [-0.25, -0.2) is 0 Å². The van der Waals surface area contributed by atoms with E-state index < -0.39 is 0 Å². The van der Waals surface area contributed by atoms with Gasteiger partial charge in [0.15, 0.2) is 0 Å². The number of hydrogen-bond donors (Lipinski definition) is 1. The Bertz CT molecular complexity index is 787. The van der Waals surface area contributed by atoms with Gasteiger partial charge >= 0.3 is 0 Å². The molecule has 0 saturated heterocycles. The Balaban J connectivity index is 1.87. The first-order chi connectivity index (χ1) is 10.1. The largest absolute Gasteiger partial charge is 0.324 e. The molecule has 1 aromatic heterocycles. The summed E-state index contributed by atoms with van der Waals surface area (Å²) in [5.41, 5.74) is 9.35. The van der Waals surface area contributed by atoms with Gasteiger partial charge in [0.1, 0.15) is 0 Å². The highest BCUT2D eigenvalue weighted by atomic mass is 35.5. The van der Waals surface area contributed by atoms with E-state index in [4.69, 9.17) is 28.9 Å². The van der Waals surface area contributed by atoms with Gasteiger partial charge in [-0.1, -0.05) is 41.4 Å². The van der Waals surface area contributed by atoms with Crippen molar-refractivity contribution in [2.75, 3.05) is 0 Å². The maximum absolute atomic E-state index is 6.31. The molecule has 0 aliphatic carbocycles. The van der Waals surface area contributed by atoms with Crippen molar-refractivity contribution in [3.8, 4) is 0 Å². The van der Waals surface area contributed by atoms with E-state index in [1.807, 2.05) is 36.4 Å². The van der Waals surface area contributed by atoms with E-state index in [2.05, 4.69) is 11.1 Å². The highest BCUT2D eigenvalue weighted by Crippen LogP contribution is 2.26. The SMILES string of the molecule is NC(Cc1ccc(Cl)cc1Cl)c1ccc2ncccc2c1. The van der Waals surface area contributed by atoms with Crippen molar-refractivity contribution in [3.63, 3.8) is 0 Å². The third-order valence-corrected chi connectivity index (χ3v) is 4.10. The molecule has 1 atom stereocenters. The van der Waals surface area contributed by atoms with Gasteiger partial charge in [0, 0.05) is 27.7 Å². The minimum absolute atomic E-state index is 0.117. The first-order valence-corrected chi connectivity index (χ1v) is 7.43.